The van der Waals surface area contributed by atoms with Crippen molar-refractivity contribution in [3.63, 3.8) is 0 Å². The number of rotatable bonds is 6. The number of anilines is 1. The first kappa shape index (κ1) is 19.4. The quantitative estimate of drug-likeness (QED) is 0.479. The lowest BCUT2D eigenvalue weighted by Gasteiger charge is -2.19. The average Bonchev–Trinajstić information content (AvgIpc) is 2.71. The Hall–Kier alpha value is -3.35. The Morgan fingerprint density at radius 3 is 2.14 bits per heavy atom. The molecule has 0 aliphatic rings. The summed E-state index contributed by atoms with van der Waals surface area (Å²) >= 11 is 5.87. The molecule has 3 aromatic carbocycles. The summed E-state index contributed by atoms with van der Waals surface area (Å²) < 4.78 is 0. The van der Waals surface area contributed by atoms with Crippen molar-refractivity contribution < 1.29 is 14.7 Å². The Kier molecular flexibility index (Phi) is 6.26. The van der Waals surface area contributed by atoms with E-state index < -0.39 is 11.9 Å². The molecule has 1 atom stereocenters. The lowest BCUT2D eigenvalue weighted by molar-refractivity contribution is -0.118. The third kappa shape index (κ3) is 5.09. The third-order valence-corrected chi connectivity index (χ3v) is 4.22. The summed E-state index contributed by atoms with van der Waals surface area (Å²) in [5.74, 6) is -0.714. The first-order valence-electron chi connectivity index (χ1n) is 8.49. The lowest BCUT2D eigenvalue weighted by Crippen LogP contribution is -2.44. The van der Waals surface area contributed by atoms with E-state index in [1.54, 1.807) is 48.5 Å². The molecule has 0 aromatic heterocycles. The van der Waals surface area contributed by atoms with Crippen LogP contribution < -0.4 is 16.2 Å². The van der Waals surface area contributed by atoms with Gasteiger partial charge < -0.3 is 10.4 Å². The van der Waals surface area contributed by atoms with Gasteiger partial charge in [-0.2, -0.15) is 0 Å². The first-order chi connectivity index (χ1) is 13.5. The Morgan fingerprint density at radius 1 is 0.857 bits per heavy atom. The van der Waals surface area contributed by atoms with Crippen molar-refractivity contribution in [1.29, 1.82) is 0 Å². The van der Waals surface area contributed by atoms with Gasteiger partial charge in [-0.1, -0.05) is 41.9 Å². The molecule has 3 aromatic rings. The highest BCUT2D eigenvalue weighted by molar-refractivity contribution is 6.30. The number of phenols is 1. The van der Waals surface area contributed by atoms with Gasteiger partial charge in [0.15, 0.2) is 0 Å². The summed E-state index contributed by atoms with van der Waals surface area (Å²) in [4.78, 5) is 25.1. The van der Waals surface area contributed by atoms with Crippen LogP contribution in [0.4, 0.5) is 5.69 Å². The highest BCUT2D eigenvalue weighted by Crippen LogP contribution is 2.18. The van der Waals surface area contributed by atoms with Gasteiger partial charge in [0, 0.05) is 16.3 Å². The number of halogens is 1. The van der Waals surface area contributed by atoms with Crippen LogP contribution in [-0.4, -0.2) is 16.9 Å². The van der Waals surface area contributed by atoms with Gasteiger partial charge in [0.1, 0.15) is 11.8 Å². The van der Waals surface area contributed by atoms with E-state index in [9.17, 15) is 14.7 Å². The van der Waals surface area contributed by atoms with Gasteiger partial charge in [-0.05, 0) is 54.1 Å². The third-order valence-electron chi connectivity index (χ3n) is 3.97. The smallest absolute Gasteiger partial charge is 0.265 e. The Bertz CT molecular complexity index is 945. The van der Waals surface area contributed by atoms with E-state index in [1.165, 1.54) is 24.3 Å². The summed E-state index contributed by atoms with van der Waals surface area (Å²) in [5.41, 5.74) is 6.93. The molecule has 0 unspecified atom stereocenters. The van der Waals surface area contributed by atoms with Crippen molar-refractivity contribution in [2.24, 2.45) is 0 Å². The lowest BCUT2D eigenvalue weighted by atomic mass is 10.1. The van der Waals surface area contributed by atoms with Crippen LogP contribution in [0.3, 0.4) is 0 Å². The molecular formula is C21H18ClN3O3. The Morgan fingerprint density at radius 2 is 1.50 bits per heavy atom. The molecule has 6 nitrogen and oxygen atoms in total. The molecular weight excluding hydrogens is 378 g/mol. The van der Waals surface area contributed by atoms with Gasteiger partial charge in [0.25, 0.3) is 5.91 Å². The van der Waals surface area contributed by atoms with Crippen LogP contribution in [0.1, 0.15) is 22.0 Å². The maximum atomic E-state index is 12.8. The van der Waals surface area contributed by atoms with Crippen molar-refractivity contribution >= 4 is 29.1 Å². The summed E-state index contributed by atoms with van der Waals surface area (Å²) in [6.45, 7) is 0. The maximum absolute atomic E-state index is 12.8. The topological polar surface area (TPSA) is 90.5 Å². The zero-order chi connectivity index (χ0) is 19.9. The van der Waals surface area contributed by atoms with E-state index in [0.29, 0.717) is 21.8 Å². The molecule has 0 bridgehead atoms. The largest absolute Gasteiger partial charge is 0.508 e. The van der Waals surface area contributed by atoms with Crippen molar-refractivity contribution in [3.05, 3.63) is 95.0 Å². The SMILES string of the molecule is O=C(NN[C@@H](C(=O)Nc1ccc(Cl)cc1)c1ccccc1)c1ccc(O)cc1. The number of hydrogen-bond acceptors (Lipinski definition) is 4. The number of carbonyl (C=O) groups is 2. The molecule has 7 heteroatoms. The molecule has 0 aliphatic heterocycles. The Labute approximate surface area is 167 Å². The second-order valence-electron chi connectivity index (χ2n) is 5.99. The summed E-state index contributed by atoms with van der Waals surface area (Å²) in [6.07, 6.45) is 0. The number of carbonyl (C=O) groups excluding carboxylic acids is 2. The number of nitrogens with one attached hydrogen (secondary N) is 3. The first-order valence-corrected chi connectivity index (χ1v) is 8.87. The number of hydrogen-bond donors (Lipinski definition) is 4. The second-order valence-corrected chi connectivity index (χ2v) is 6.42. The fraction of sp³-hybridized carbons (Fsp3) is 0.0476. The van der Waals surface area contributed by atoms with Gasteiger partial charge in [0.2, 0.25) is 5.91 Å². The van der Waals surface area contributed by atoms with Gasteiger partial charge >= 0.3 is 0 Å². The van der Waals surface area contributed by atoms with Crippen LogP contribution >= 0.6 is 11.6 Å². The van der Waals surface area contributed by atoms with E-state index in [4.69, 9.17) is 11.6 Å². The molecule has 0 saturated heterocycles. The van der Waals surface area contributed by atoms with E-state index in [2.05, 4.69) is 16.2 Å². The average molecular weight is 396 g/mol. The fourth-order valence-corrected chi connectivity index (χ4v) is 2.64. The van der Waals surface area contributed by atoms with Crippen molar-refractivity contribution in [2.45, 2.75) is 6.04 Å². The standard InChI is InChI=1S/C21H18ClN3O3/c22-16-8-10-17(11-9-16)23-21(28)19(14-4-2-1-3-5-14)24-25-20(27)15-6-12-18(26)13-7-15/h1-13,19,24,26H,(H,23,28)(H,25,27)/t19-/m1/s1. The van der Waals surface area contributed by atoms with E-state index >= 15 is 0 Å². The Balaban J connectivity index is 1.73. The monoisotopic (exact) mass is 395 g/mol. The molecule has 0 saturated carbocycles. The zero-order valence-corrected chi connectivity index (χ0v) is 15.5. The number of phenolic OH excluding ortho intramolecular Hbond substituents is 1. The number of amides is 2. The zero-order valence-electron chi connectivity index (χ0n) is 14.7. The summed E-state index contributed by atoms with van der Waals surface area (Å²) in [7, 11) is 0. The predicted octanol–water partition coefficient (Wildman–Crippen LogP) is 3.66. The number of aromatic hydroxyl groups is 1. The molecule has 4 N–H and O–H groups in total. The van der Waals surface area contributed by atoms with Crippen LogP contribution in [0.5, 0.6) is 5.75 Å². The van der Waals surface area contributed by atoms with Gasteiger partial charge in [-0.3, -0.25) is 15.0 Å². The minimum Gasteiger partial charge on any atom is -0.508 e. The second kappa shape index (κ2) is 9.03. The molecule has 28 heavy (non-hydrogen) atoms. The molecule has 0 radical (unpaired) electrons. The minimum absolute atomic E-state index is 0.0639. The van der Waals surface area contributed by atoms with E-state index in [-0.39, 0.29) is 11.7 Å². The molecule has 0 spiro atoms. The van der Waals surface area contributed by atoms with Gasteiger partial charge in [0.05, 0.1) is 0 Å². The van der Waals surface area contributed by atoms with E-state index in [0.717, 1.165) is 0 Å². The number of benzene rings is 3. The molecule has 3 rings (SSSR count). The molecule has 0 fully saturated rings. The van der Waals surface area contributed by atoms with Crippen molar-refractivity contribution in [2.75, 3.05) is 5.32 Å². The molecule has 0 heterocycles. The highest BCUT2D eigenvalue weighted by Gasteiger charge is 2.21. The van der Waals surface area contributed by atoms with Crippen LogP contribution in [0.2, 0.25) is 5.02 Å². The van der Waals surface area contributed by atoms with Crippen LogP contribution in [0, 0.1) is 0 Å². The minimum atomic E-state index is -0.821. The summed E-state index contributed by atoms with van der Waals surface area (Å²) in [6, 6.07) is 20.7. The maximum Gasteiger partial charge on any atom is 0.265 e. The molecule has 142 valence electrons. The van der Waals surface area contributed by atoms with Crippen molar-refractivity contribution in [3.8, 4) is 5.75 Å². The van der Waals surface area contributed by atoms with Gasteiger partial charge in [-0.15, -0.1) is 0 Å². The van der Waals surface area contributed by atoms with Crippen LogP contribution in [0.25, 0.3) is 0 Å². The number of hydrazine groups is 1. The summed E-state index contributed by atoms with van der Waals surface area (Å²) in [5, 5.41) is 12.7. The van der Waals surface area contributed by atoms with E-state index in [1.807, 2.05) is 6.07 Å². The van der Waals surface area contributed by atoms with Crippen LogP contribution in [-0.2, 0) is 4.79 Å². The normalized spacial score (nSPS) is 11.5. The molecule has 0 aliphatic carbocycles. The van der Waals surface area contributed by atoms with Crippen LogP contribution in [0.15, 0.2) is 78.9 Å². The molecule has 2 amide bonds. The van der Waals surface area contributed by atoms with Crippen molar-refractivity contribution in [1.82, 2.24) is 10.9 Å². The fourth-order valence-electron chi connectivity index (χ4n) is 2.52. The highest BCUT2D eigenvalue weighted by atomic mass is 35.5. The van der Waals surface area contributed by atoms with Gasteiger partial charge in [-0.25, -0.2) is 5.43 Å². The predicted molar refractivity (Wildman–Crippen MR) is 108 cm³/mol.